The number of nitrogens with zero attached hydrogens (tertiary/aromatic N) is 6. The van der Waals surface area contributed by atoms with Gasteiger partial charge in [0.15, 0.2) is 0 Å². The van der Waals surface area contributed by atoms with Crippen LogP contribution in [0.15, 0.2) is 61.1 Å². The molecule has 5 aromatic rings. The molecule has 3 amide bonds. The van der Waals surface area contributed by atoms with Crippen LogP contribution in [0.1, 0.15) is 62.3 Å². The van der Waals surface area contributed by atoms with Gasteiger partial charge in [-0.05, 0) is 56.3 Å². The van der Waals surface area contributed by atoms with Gasteiger partial charge in [0.25, 0.3) is 5.91 Å². The van der Waals surface area contributed by atoms with Crippen LogP contribution in [0.2, 0.25) is 0 Å². The smallest absolute Gasteiger partial charge is 0.405 e. The number of carbonyl (C=O) groups is 3. The number of H-pyrrole nitrogens is 2. The van der Waals surface area contributed by atoms with Crippen molar-refractivity contribution in [3.63, 3.8) is 0 Å². The Bertz CT molecular complexity index is 2020. The van der Waals surface area contributed by atoms with Crippen LogP contribution in [-0.4, -0.2) is 82.1 Å². The highest BCUT2D eigenvalue weighted by atomic mass is 16.4. The standard InChI is InChI=1S/C34H34N10O4/c45-30-12-11-24(42-34(47)48)33(46)44-29(4-2-14-43(30)44)32-38-17-27(41-32)20-7-5-19(6-8-20)26-16-36-25-15-21(9-10-22(25)39-26)28-18-37-31(40-28)23-3-1-13-35-23/h5-10,15-18,23-24,29,35,42H,1-4,11-14H2,(H,37,40)(H,38,41)(H,47,48)/t23-,24-,29-/m0/s1. The van der Waals surface area contributed by atoms with E-state index in [0.717, 1.165) is 70.0 Å². The number of carbonyl (C=O) groups excluding carboxylic acids is 2. The predicted molar refractivity (Wildman–Crippen MR) is 175 cm³/mol. The van der Waals surface area contributed by atoms with E-state index in [9.17, 15) is 19.5 Å². The number of carboxylic acid groups (broad SMARTS) is 1. The van der Waals surface area contributed by atoms with Crippen molar-refractivity contribution in [1.82, 2.24) is 50.6 Å². The molecule has 3 saturated heterocycles. The van der Waals surface area contributed by atoms with Crippen LogP contribution in [0.25, 0.3) is 44.8 Å². The molecule has 0 bridgehead atoms. The third-order valence-corrected chi connectivity index (χ3v) is 9.40. The van der Waals surface area contributed by atoms with Crippen LogP contribution in [0.3, 0.4) is 0 Å². The molecule has 0 aliphatic carbocycles. The van der Waals surface area contributed by atoms with Crippen molar-refractivity contribution in [3.05, 3.63) is 72.7 Å². The third-order valence-electron chi connectivity index (χ3n) is 9.40. The van der Waals surface area contributed by atoms with E-state index in [4.69, 9.17) is 9.97 Å². The first-order valence-electron chi connectivity index (χ1n) is 16.3. The van der Waals surface area contributed by atoms with E-state index in [1.807, 2.05) is 48.7 Å². The first kappa shape index (κ1) is 29.8. The maximum atomic E-state index is 13.5. The molecule has 8 rings (SSSR count). The maximum Gasteiger partial charge on any atom is 0.405 e. The minimum absolute atomic E-state index is 0.0860. The van der Waals surface area contributed by atoms with Gasteiger partial charge in [-0.1, -0.05) is 30.3 Å². The average Bonchev–Trinajstić information content (AvgIpc) is 3.90. The van der Waals surface area contributed by atoms with Crippen molar-refractivity contribution in [2.24, 2.45) is 0 Å². The van der Waals surface area contributed by atoms with Crippen molar-refractivity contribution in [2.75, 3.05) is 13.1 Å². The van der Waals surface area contributed by atoms with Gasteiger partial charge in [-0.3, -0.25) is 19.6 Å². The molecule has 6 heterocycles. The Morgan fingerprint density at radius 2 is 1.58 bits per heavy atom. The van der Waals surface area contributed by atoms with Gasteiger partial charge in [0.1, 0.15) is 23.7 Å². The van der Waals surface area contributed by atoms with Gasteiger partial charge in [0.05, 0.1) is 52.7 Å². The summed E-state index contributed by atoms with van der Waals surface area (Å²) < 4.78 is 0. The summed E-state index contributed by atoms with van der Waals surface area (Å²) in [5.74, 6) is 0.853. The molecule has 3 aliphatic rings. The number of hydrazine groups is 1. The van der Waals surface area contributed by atoms with E-state index in [2.05, 4.69) is 30.6 Å². The van der Waals surface area contributed by atoms with Gasteiger partial charge < -0.3 is 25.7 Å². The summed E-state index contributed by atoms with van der Waals surface area (Å²) in [6, 6.07) is 12.7. The molecule has 3 atom stereocenters. The van der Waals surface area contributed by atoms with Crippen LogP contribution < -0.4 is 10.6 Å². The van der Waals surface area contributed by atoms with Crippen LogP contribution in [0.4, 0.5) is 4.79 Å². The molecule has 14 nitrogen and oxygen atoms in total. The number of fused-ring (bicyclic) bond motifs is 2. The minimum atomic E-state index is -1.30. The number of aromatic nitrogens is 6. The molecule has 0 radical (unpaired) electrons. The molecule has 0 saturated carbocycles. The van der Waals surface area contributed by atoms with E-state index in [1.165, 1.54) is 10.0 Å². The van der Waals surface area contributed by atoms with E-state index in [0.29, 0.717) is 25.2 Å². The first-order valence-corrected chi connectivity index (χ1v) is 16.3. The fourth-order valence-electron chi connectivity index (χ4n) is 6.93. The van der Waals surface area contributed by atoms with E-state index in [-0.39, 0.29) is 24.8 Å². The van der Waals surface area contributed by atoms with Crippen LogP contribution in [0, 0.1) is 0 Å². The topological polar surface area (TPSA) is 185 Å². The van der Waals surface area contributed by atoms with Gasteiger partial charge in [0, 0.05) is 24.1 Å². The SMILES string of the molecule is O=C(O)N[C@H]1CCC(=O)N2CCC[C@@H](c3ncc(-c4ccc(-c5cnc6cc(-c7cnc([C@@H]8CCCN8)[nH]7)ccc6n5)cc4)[nH]3)N2C1=O. The first-order chi connectivity index (χ1) is 23.4. The summed E-state index contributed by atoms with van der Waals surface area (Å²) in [5, 5.41) is 17.9. The average molecular weight is 647 g/mol. The number of benzene rings is 2. The molecule has 2 aromatic carbocycles. The molecule has 3 fully saturated rings. The Labute approximate surface area is 275 Å². The number of hydrogen-bond acceptors (Lipinski definition) is 8. The second-order valence-corrected chi connectivity index (χ2v) is 12.4. The molecule has 3 aromatic heterocycles. The molecule has 0 unspecified atom stereocenters. The number of rotatable bonds is 6. The monoisotopic (exact) mass is 646 g/mol. The van der Waals surface area contributed by atoms with Gasteiger partial charge in [-0.15, -0.1) is 0 Å². The van der Waals surface area contributed by atoms with Crippen molar-refractivity contribution in [1.29, 1.82) is 0 Å². The zero-order valence-electron chi connectivity index (χ0n) is 26.0. The zero-order valence-corrected chi connectivity index (χ0v) is 26.0. The quantitative estimate of drug-likeness (QED) is 0.179. The Kier molecular flexibility index (Phi) is 7.56. The van der Waals surface area contributed by atoms with Crippen LogP contribution >= 0.6 is 0 Å². The fourth-order valence-corrected chi connectivity index (χ4v) is 6.93. The zero-order chi connectivity index (χ0) is 32.8. The predicted octanol–water partition coefficient (Wildman–Crippen LogP) is 4.34. The molecule has 5 N–H and O–H groups in total. The minimum Gasteiger partial charge on any atom is -0.465 e. The lowest BCUT2D eigenvalue weighted by Gasteiger charge is -2.42. The molecular formula is C34H34N10O4. The lowest BCUT2D eigenvalue weighted by atomic mass is 10.1. The number of nitrogens with one attached hydrogen (secondary N) is 4. The molecule has 244 valence electrons. The Balaban J connectivity index is 0.998. The summed E-state index contributed by atoms with van der Waals surface area (Å²) in [7, 11) is 0. The van der Waals surface area contributed by atoms with Crippen LogP contribution in [0.5, 0.6) is 0 Å². The second kappa shape index (κ2) is 12.2. The van der Waals surface area contributed by atoms with E-state index >= 15 is 0 Å². The number of imidazole rings is 2. The summed E-state index contributed by atoms with van der Waals surface area (Å²) in [6.07, 6.45) is 7.78. The highest BCUT2D eigenvalue weighted by molar-refractivity contribution is 5.90. The Hall–Kier alpha value is -5.63. The van der Waals surface area contributed by atoms with Crippen molar-refractivity contribution < 1.29 is 19.5 Å². The molecule has 14 heteroatoms. The van der Waals surface area contributed by atoms with E-state index in [1.54, 1.807) is 12.4 Å². The van der Waals surface area contributed by atoms with Gasteiger partial charge in [-0.2, -0.15) is 0 Å². The van der Waals surface area contributed by atoms with Crippen molar-refractivity contribution in [3.8, 4) is 33.8 Å². The normalized spacial score (nSPS) is 21.4. The highest BCUT2D eigenvalue weighted by Crippen LogP contribution is 2.35. The maximum absolute atomic E-state index is 13.5. The van der Waals surface area contributed by atoms with E-state index < -0.39 is 24.1 Å². The summed E-state index contributed by atoms with van der Waals surface area (Å²) in [4.78, 5) is 63.2. The van der Waals surface area contributed by atoms with Crippen LogP contribution in [-0.2, 0) is 9.59 Å². The number of hydrogen-bond donors (Lipinski definition) is 5. The summed E-state index contributed by atoms with van der Waals surface area (Å²) >= 11 is 0. The lowest BCUT2D eigenvalue weighted by molar-refractivity contribution is -0.174. The molecule has 0 spiro atoms. The fraction of sp³-hybridized carbons (Fsp3) is 0.324. The second-order valence-electron chi connectivity index (χ2n) is 12.4. The highest BCUT2D eigenvalue weighted by Gasteiger charge is 2.43. The lowest BCUT2D eigenvalue weighted by Crippen LogP contribution is -2.57. The number of aromatic amines is 2. The molecule has 3 aliphatic heterocycles. The van der Waals surface area contributed by atoms with Gasteiger partial charge in [0.2, 0.25) is 5.91 Å². The summed E-state index contributed by atoms with van der Waals surface area (Å²) in [6.45, 7) is 1.42. The summed E-state index contributed by atoms with van der Waals surface area (Å²) in [5.41, 5.74) is 6.85. The van der Waals surface area contributed by atoms with Gasteiger partial charge >= 0.3 is 6.09 Å². The number of amides is 3. The third kappa shape index (κ3) is 5.53. The molecular weight excluding hydrogens is 612 g/mol. The van der Waals surface area contributed by atoms with Gasteiger partial charge in [-0.25, -0.2) is 24.8 Å². The largest absolute Gasteiger partial charge is 0.465 e. The van der Waals surface area contributed by atoms with Crippen molar-refractivity contribution >= 4 is 28.9 Å². The Morgan fingerprint density at radius 3 is 2.38 bits per heavy atom. The van der Waals surface area contributed by atoms with Crippen molar-refractivity contribution in [2.45, 2.75) is 56.7 Å². The molecule has 48 heavy (non-hydrogen) atoms. The Morgan fingerprint density at radius 1 is 0.833 bits per heavy atom.